The van der Waals surface area contributed by atoms with Gasteiger partial charge in [0.2, 0.25) is 12.0 Å². The number of carbonyl (C=O) groups excluding carboxylic acids is 2. The Labute approximate surface area is 140 Å². The lowest BCUT2D eigenvalue weighted by Gasteiger charge is -2.26. The maximum Gasteiger partial charge on any atom is 0.283 e. The van der Waals surface area contributed by atoms with Crippen LogP contribution >= 0.6 is 0 Å². The van der Waals surface area contributed by atoms with Crippen LogP contribution in [0.2, 0.25) is 0 Å². The van der Waals surface area contributed by atoms with E-state index in [1.807, 2.05) is 12.1 Å². The van der Waals surface area contributed by atoms with Gasteiger partial charge in [-0.25, -0.2) is 0 Å². The molecule has 24 heavy (non-hydrogen) atoms. The Kier molecular flexibility index (Phi) is 4.04. The molecule has 2 bridgehead atoms. The molecule has 1 aliphatic heterocycles. The number of hydrogen-bond donors (Lipinski definition) is 2. The van der Waals surface area contributed by atoms with Gasteiger partial charge in [0, 0.05) is 6.42 Å². The highest BCUT2D eigenvalue weighted by atomic mass is 16.6. The van der Waals surface area contributed by atoms with E-state index in [0.717, 1.165) is 12.3 Å². The molecule has 3 aliphatic rings. The lowest BCUT2D eigenvalue weighted by Crippen LogP contribution is -2.51. The summed E-state index contributed by atoms with van der Waals surface area (Å²) in [5.74, 6) is 2.63. The highest BCUT2D eigenvalue weighted by Crippen LogP contribution is 2.49. The molecule has 2 aliphatic carbocycles. The third-order valence-electron chi connectivity index (χ3n) is 5.46. The molecular weight excluding hydrogens is 308 g/mol. The SMILES string of the molecule is O=C(C[C@@H]1C[C@H]2CC[C@H]1C2)NNC(=O)[C@H]1COc2ccccc2O1. The number of carbonyl (C=O) groups is 2. The fraction of sp³-hybridized carbons (Fsp3) is 0.556. The van der Waals surface area contributed by atoms with Crippen LogP contribution in [0.5, 0.6) is 11.5 Å². The quantitative estimate of drug-likeness (QED) is 0.829. The molecule has 0 spiro atoms. The number of nitrogens with one attached hydrogen (secondary N) is 2. The maximum atomic E-state index is 12.1. The second kappa shape index (κ2) is 6.34. The molecule has 2 saturated carbocycles. The molecule has 0 radical (unpaired) electrons. The molecule has 2 amide bonds. The standard InChI is InChI=1S/C18H22N2O4/c21-17(9-13-8-11-5-6-12(13)7-11)19-20-18(22)16-10-23-14-3-1-2-4-15(14)24-16/h1-4,11-13,16H,5-10H2,(H,19,21)(H,20,22)/t11-,12-,13-,16+/m0/s1. The van der Waals surface area contributed by atoms with Crippen molar-refractivity contribution in [2.75, 3.05) is 6.61 Å². The van der Waals surface area contributed by atoms with E-state index in [1.54, 1.807) is 12.1 Å². The van der Waals surface area contributed by atoms with Crippen molar-refractivity contribution in [2.45, 2.75) is 38.2 Å². The fourth-order valence-corrected chi connectivity index (χ4v) is 4.28. The van der Waals surface area contributed by atoms with E-state index in [9.17, 15) is 9.59 Å². The number of ether oxygens (including phenoxy) is 2. The van der Waals surface area contributed by atoms with Gasteiger partial charge in [-0.2, -0.15) is 0 Å². The third-order valence-corrected chi connectivity index (χ3v) is 5.46. The van der Waals surface area contributed by atoms with Crippen LogP contribution in [0, 0.1) is 17.8 Å². The number of benzene rings is 1. The monoisotopic (exact) mass is 330 g/mol. The van der Waals surface area contributed by atoms with E-state index in [-0.39, 0.29) is 12.5 Å². The molecule has 4 atom stereocenters. The average Bonchev–Trinajstić information content (AvgIpc) is 3.22. The number of fused-ring (bicyclic) bond motifs is 3. The van der Waals surface area contributed by atoms with Gasteiger partial charge in [0.1, 0.15) is 6.61 Å². The van der Waals surface area contributed by atoms with Gasteiger partial charge in [0.05, 0.1) is 0 Å². The van der Waals surface area contributed by atoms with Gasteiger partial charge < -0.3 is 9.47 Å². The van der Waals surface area contributed by atoms with Crippen molar-refractivity contribution in [2.24, 2.45) is 17.8 Å². The predicted molar refractivity (Wildman–Crippen MR) is 86.2 cm³/mol. The lowest BCUT2D eigenvalue weighted by molar-refractivity contribution is -0.135. The molecule has 1 aromatic carbocycles. The van der Waals surface area contributed by atoms with Gasteiger partial charge >= 0.3 is 0 Å². The van der Waals surface area contributed by atoms with Gasteiger partial charge in [0.15, 0.2) is 11.5 Å². The Hall–Kier alpha value is -2.24. The first-order chi connectivity index (χ1) is 11.7. The number of amides is 2. The predicted octanol–water partition coefficient (Wildman–Crippen LogP) is 1.80. The minimum atomic E-state index is -0.761. The fourth-order valence-electron chi connectivity index (χ4n) is 4.28. The van der Waals surface area contributed by atoms with Crippen molar-refractivity contribution in [3.05, 3.63) is 24.3 Å². The van der Waals surface area contributed by atoms with E-state index < -0.39 is 12.0 Å². The van der Waals surface area contributed by atoms with Crippen molar-refractivity contribution >= 4 is 11.8 Å². The zero-order chi connectivity index (χ0) is 16.5. The molecule has 1 heterocycles. The Morgan fingerprint density at radius 2 is 1.92 bits per heavy atom. The number of para-hydroxylation sites is 2. The minimum absolute atomic E-state index is 0.127. The van der Waals surface area contributed by atoms with Gasteiger partial charge in [-0.3, -0.25) is 20.4 Å². The summed E-state index contributed by atoms with van der Waals surface area (Å²) in [5, 5.41) is 0. The van der Waals surface area contributed by atoms with Crippen molar-refractivity contribution in [1.82, 2.24) is 10.9 Å². The number of hydrazine groups is 1. The van der Waals surface area contributed by atoms with E-state index in [4.69, 9.17) is 9.47 Å². The Morgan fingerprint density at radius 3 is 2.67 bits per heavy atom. The first-order valence-electron chi connectivity index (χ1n) is 8.66. The summed E-state index contributed by atoms with van der Waals surface area (Å²) in [6.45, 7) is 0.130. The number of rotatable bonds is 3. The summed E-state index contributed by atoms with van der Waals surface area (Å²) in [5.41, 5.74) is 4.97. The van der Waals surface area contributed by atoms with Crippen molar-refractivity contribution in [3.63, 3.8) is 0 Å². The molecule has 6 heteroatoms. The van der Waals surface area contributed by atoms with Crippen LogP contribution in [0.25, 0.3) is 0 Å². The van der Waals surface area contributed by atoms with Crippen LogP contribution < -0.4 is 20.3 Å². The van der Waals surface area contributed by atoms with Crippen molar-refractivity contribution < 1.29 is 19.1 Å². The van der Waals surface area contributed by atoms with Crippen LogP contribution in [0.3, 0.4) is 0 Å². The molecule has 0 aromatic heterocycles. The summed E-state index contributed by atoms with van der Waals surface area (Å²) in [4.78, 5) is 24.2. The van der Waals surface area contributed by atoms with Crippen LogP contribution in [0.15, 0.2) is 24.3 Å². The Balaban J connectivity index is 1.24. The molecule has 0 saturated heterocycles. The molecule has 0 unspecified atom stereocenters. The molecule has 2 fully saturated rings. The highest BCUT2D eigenvalue weighted by Gasteiger charge is 2.40. The second-order valence-electron chi connectivity index (χ2n) is 7.04. The Morgan fingerprint density at radius 1 is 1.08 bits per heavy atom. The first-order valence-corrected chi connectivity index (χ1v) is 8.66. The van der Waals surface area contributed by atoms with Gasteiger partial charge in [-0.15, -0.1) is 0 Å². The normalized spacial score (nSPS) is 30.0. The van der Waals surface area contributed by atoms with Crippen LogP contribution in [0.1, 0.15) is 32.1 Å². The average molecular weight is 330 g/mol. The number of hydrogen-bond acceptors (Lipinski definition) is 4. The zero-order valence-electron chi connectivity index (χ0n) is 13.5. The summed E-state index contributed by atoms with van der Waals surface area (Å²) >= 11 is 0. The van der Waals surface area contributed by atoms with Gasteiger partial charge in [0.25, 0.3) is 5.91 Å². The second-order valence-corrected chi connectivity index (χ2v) is 7.04. The largest absolute Gasteiger partial charge is 0.485 e. The molecule has 2 N–H and O–H groups in total. The minimum Gasteiger partial charge on any atom is -0.485 e. The molecular formula is C18H22N2O4. The van der Waals surface area contributed by atoms with Gasteiger partial charge in [-0.1, -0.05) is 18.6 Å². The summed E-state index contributed by atoms with van der Waals surface area (Å²) in [6.07, 6.45) is 4.73. The molecule has 4 rings (SSSR count). The van der Waals surface area contributed by atoms with Crippen LogP contribution in [0.4, 0.5) is 0 Å². The van der Waals surface area contributed by atoms with Crippen LogP contribution in [-0.4, -0.2) is 24.5 Å². The Bertz CT molecular complexity index is 648. The highest BCUT2D eigenvalue weighted by molar-refractivity contribution is 5.85. The van der Waals surface area contributed by atoms with Crippen molar-refractivity contribution in [3.8, 4) is 11.5 Å². The molecule has 6 nitrogen and oxygen atoms in total. The lowest BCUT2D eigenvalue weighted by atomic mass is 9.86. The maximum absolute atomic E-state index is 12.1. The van der Waals surface area contributed by atoms with E-state index in [2.05, 4.69) is 10.9 Å². The van der Waals surface area contributed by atoms with Crippen molar-refractivity contribution in [1.29, 1.82) is 0 Å². The smallest absolute Gasteiger partial charge is 0.283 e. The summed E-state index contributed by atoms with van der Waals surface area (Å²) in [6, 6.07) is 7.21. The topological polar surface area (TPSA) is 76.7 Å². The van der Waals surface area contributed by atoms with Gasteiger partial charge in [-0.05, 0) is 49.1 Å². The van der Waals surface area contributed by atoms with E-state index in [1.165, 1.54) is 19.3 Å². The summed E-state index contributed by atoms with van der Waals surface area (Å²) < 4.78 is 11.1. The zero-order valence-corrected chi connectivity index (χ0v) is 13.5. The molecule has 1 aromatic rings. The first kappa shape index (κ1) is 15.3. The van der Waals surface area contributed by atoms with Crippen LogP contribution in [-0.2, 0) is 9.59 Å². The molecule has 128 valence electrons. The third kappa shape index (κ3) is 3.05. The summed E-state index contributed by atoms with van der Waals surface area (Å²) in [7, 11) is 0. The van der Waals surface area contributed by atoms with E-state index >= 15 is 0 Å². The van der Waals surface area contributed by atoms with E-state index in [0.29, 0.717) is 29.8 Å².